The van der Waals surface area contributed by atoms with E-state index in [1.54, 1.807) is 71.5 Å². The Bertz CT molecular complexity index is 3160. The van der Waals surface area contributed by atoms with E-state index in [0.717, 1.165) is 21.2 Å². The van der Waals surface area contributed by atoms with Crippen LogP contribution in [0.3, 0.4) is 0 Å². The smallest absolute Gasteiger partial charge is 0.310 e. The number of rotatable bonds is 10. The Morgan fingerprint density at radius 1 is 0.613 bits per heavy atom. The number of fused-ring (bicyclic) bond motifs is 2. The first kappa shape index (κ1) is 58.5. The van der Waals surface area contributed by atoms with Crippen molar-refractivity contribution in [1.29, 1.82) is 0 Å². The molecule has 0 radical (unpaired) electrons. The zero-order valence-electron chi connectivity index (χ0n) is 41.0. The van der Waals surface area contributed by atoms with Gasteiger partial charge in [0.15, 0.2) is 11.6 Å². The fourth-order valence-electron chi connectivity index (χ4n) is 6.75. The van der Waals surface area contributed by atoms with Crippen molar-refractivity contribution >= 4 is 90.4 Å². The SMILES string of the molecule is CC(=O)NCc1c(F)cccc1-c1ccc2nc(NC(=O)[C@@H]3C[C@@H]3F)cn2c1.CC(=O)NCc1c(F)cccc1Br.CC(=O)OC(C)=O.Cc1ccc2nc(NC(=O)[C@@H]3C[C@@H]3F)cn2c1.NCc1c(F)cccc1Br. The van der Waals surface area contributed by atoms with Gasteiger partial charge in [0.1, 0.15) is 41.1 Å². The van der Waals surface area contributed by atoms with Crippen molar-refractivity contribution in [3.63, 3.8) is 0 Å². The Morgan fingerprint density at radius 3 is 1.45 bits per heavy atom. The summed E-state index contributed by atoms with van der Waals surface area (Å²) in [6.45, 7) is 7.63. The molecule has 4 amide bonds. The number of anilines is 2. The minimum atomic E-state index is -1.07. The van der Waals surface area contributed by atoms with E-state index in [1.165, 1.54) is 45.9 Å². The van der Waals surface area contributed by atoms with Crippen LogP contribution in [0.2, 0.25) is 0 Å². The molecule has 7 aromatic rings. The Balaban J connectivity index is 0.000000189. The summed E-state index contributed by atoms with van der Waals surface area (Å²) in [6.07, 6.45) is 5.58. The van der Waals surface area contributed by atoms with Crippen molar-refractivity contribution in [3.05, 3.63) is 152 Å². The lowest BCUT2D eigenvalue weighted by atomic mass is 10.0. The van der Waals surface area contributed by atoms with Gasteiger partial charge in [0, 0.05) is 85.4 Å². The molecule has 23 heteroatoms. The first-order valence-electron chi connectivity index (χ1n) is 22.9. The molecule has 0 bridgehead atoms. The lowest BCUT2D eigenvalue weighted by molar-refractivity contribution is -0.156. The molecular formula is C52H52Br2F5N9O7. The number of hydrogen-bond donors (Lipinski definition) is 5. The van der Waals surface area contributed by atoms with Gasteiger partial charge in [-0.05, 0) is 85.0 Å². The van der Waals surface area contributed by atoms with Gasteiger partial charge >= 0.3 is 11.9 Å². The van der Waals surface area contributed by atoms with Crippen LogP contribution in [0.1, 0.15) is 62.8 Å². The molecule has 0 saturated heterocycles. The molecule has 75 heavy (non-hydrogen) atoms. The van der Waals surface area contributed by atoms with Gasteiger partial charge in [-0.15, -0.1) is 0 Å². The number of nitrogens with two attached hydrogens (primary N) is 1. The van der Waals surface area contributed by atoms with Gasteiger partial charge in [0.05, 0.1) is 24.2 Å². The Kier molecular flexibility index (Phi) is 21.3. The molecule has 0 spiro atoms. The third kappa shape index (κ3) is 17.9. The van der Waals surface area contributed by atoms with Crippen molar-refractivity contribution in [2.75, 3.05) is 10.6 Å². The maximum atomic E-state index is 14.3. The highest BCUT2D eigenvalue weighted by molar-refractivity contribution is 9.10. The van der Waals surface area contributed by atoms with Crippen LogP contribution in [-0.2, 0) is 53.1 Å². The molecule has 2 aliphatic carbocycles. The Labute approximate surface area is 444 Å². The predicted octanol–water partition coefficient (Wildman–Crippen LogP) is 9.38. The van der Waals surface area contributed by atoms with Crippen LogP contribution in [0.25, 0.3) is 22.4 Å². The second kappa shape index (κ2) is 27.2. The zero-order valence-corrected chi connectivity index (χ0v) is 44.2. The highest BCUT2D eigenvalue weighted by atomic mass is 79.9. The van der Waals surface area contributed by atoms with E-state index in [9.17, 15) is 50.7 Å². The number of esters is 2. The molecule has 2 fully saturated rings. The molecule has 6 N–H and O–H groups in total. The Hall–Kier alpha value is -7.37. The highest BCUT2D eigenvalue weighted by Crippen LogP contribution is 2.36. The van der Waals surface area contributed by atoms with Gasteiger partial charge in [-0.1, -0.05) is 62.2 Å². The van der Waals surface area contributed by atoms with Crippen molar-refractivity contribution < 1.29 is 55.5 Å². The van der Waals surface area contributed by atoms with Crippen molar-refractivity contribution in [2.45, 2.75) is 79.4 Å². The summed E-state index contributed by atoms with van der Waals surface area (Å²) in [6, 6.07) is 21.6. The number of pyridine rings is 2. The second-order valence-corrected chi connectivity index (χ2v) is 18.6. The van der Waals surface area contributed by atoms with Crippen LogP contribution in [0.15, 0.2) is 113 Å². The van der Waals surface area contributed by atoms with Gasteiger partial charge in [-0.3, -0.25) is 28.8 Å². The number of hydrogen-bond acceptors (Lipinski definition) is 10. The quantitative estimate of drug-likeness (QED) is 0.0496. The number of aryl methyl sites for hydroxylation is 1. The number of aromatic nitrogens is 4. The number of carbonyl (C=O) groups is 6. The number of imidazole rings is 2. The first-order valence-corrected chi connectivity index (χ1v) is 24.5. The van der Waals surface area contributed by atoms with E-state index in [0.29, 0.717) is 50.4 Å². The predicted molar refractivity (Wildman–Crippen MR) is 277 cm³/mol. The minimum Gasteiger partial charge on any atom is -0.394 e. The van der Waals surface area contributed by atoms with E-state index in [1.807, 2.05) is 29.7 Å². The lowest BCUT2D eigenvalue weighted by Crippen LogP contribution is -2.20. The number of benzene rings is 3. The van der Waals surface area contributed by atoms with E-state index in [-0.39, 0.29) is 61.3 Å². The molecule has 4 aromatic heterocycles. The second-order valence-electron chi connectivity index (χ2n) is 16.9. The summed E-state index contributed by atoms with van der Waals surface area (Å²) in [4.78, 5) is 73.4. The third-order valence-corrected chi connectivity index (χ3v) is 12.2. The molecule has 2 aliphatic rings. The number of carbonyl (C=O) groups excluding carboxylic acids is 6. The van der Waals surface area contributed by atoms with E-state index < -0.39 is 41.9 Å². The molecule has 0 unspecified atom stereocenters. The molecule has 9 rings (SSSR count). The molecule has 4 heterocycles. The molecule has 2 saturated carbocycles. The summed E-state index contributed by atoms with van der Waals surface area (Å²) >= 11 is 6.39. The van der Waals surface area contributed by atoms with Crippen molar-refractivity contribution in [3.8, 4) is 11.1 Å². The van der Waals surface area contributed by atoms with E-state index >= 15 is 0 Å². The monoisotopic (exact) mass is 1170 g/mol. The molecule has 396 valence electrons. The number of amides is 4. The Morgan fingerprint density at radius 2 is 1.04 bits per heavy atom. The molecular weight excluding hydrogens is 1120 g/mol. The topological polar surface area (TPSA) is 220 Å². The van der Waals surface area contributed by atoms with Crippen LogP contribution in [0, 0.1) is 36.2 Å². The van der Waals surface area contributed by atoms with Crippen LogP contribution in [0.4, 0.5) is 33.6 Å². The minimum absolute atomic E-state index is 0.0758. The van der Waals surface area contributed by atoms with Gasteiger partial charge < -0.3 is 40.5 Å². The average molecular weight is 1170 g/mol. The summed E-state index contributed by atoms with van der Waals surface area (Å²) < 4.78 is 74.8. The van der Waals surface area contributed by atoms with Crippen molar-refractivity contribution in [2.24, 2.45) is 17.6 Å². The van der Waals surface area contributed by atoms with Gasteiger partial charge in [-0.2, -0.15) is 0 Å². The van der Waals surface area contributed by atoms with Crippen LogP contribution in [-0.4, -0.2) is 66.7 Å². The van der Waals surface area contributed by atoms with Crippen molar-refractivity contribution in [1.82, 2.24) is 29.4 Å². The van der Waals surface area contributed by atoms with E-state index in [4.69, 9.17) is 5.73 Å². The number of nitrogens with one attached hydrogen (secondary N) is 4. The fourth-order valence-corrected chi connectivity index (χ4v) is 7.73. The maximum absolute atomic E-state index is 14.3. The summed E-state index contributed by atoms with van der Waals surface area (Å²) in [7, 11) is 0. The number of alkyl halides is 2. The van der Waals surface area contributed by atoms with Gasteiger partial charge in [-0.25, -0.2) is 31.9 Å². The summed E-state index contributed by atoms with van der Waals surface area (Å²) in [5, 5.41) is 10.4. The average Bonchev–Trinajstić information content (AvgIpc) is 4.16. The standard InChI is InChI=1S/C20H18F2N4O2.C12H12FN3O.C9H9BrFNO.C7H7BrFN.C4H6O3/c1-11(27)23-8-15-13(3-2-4-16(15)21)12-5-6-19-24-18(10-26(19)9-12)25-20(28)14-7-17(14)22;1-7-2-3-11-14-10(6-16(11)5-7)15-12(17)8-4-9(8)13;1-6(13)12-5-7-8(10)3-2-4-9(7)11;8-6-2-1-3-7(9)5(6)4-10;1-3(5)7-4(2)6/h2-6,9-10,14,17H,7-8H2,1H3,(H,23,27)(H,25,28);2-3,5-6,8-9H,4H2,1H3,(H,15,17);2-4H,5H2,1H3,(H,12,13);1-3H,4,10H2;1-2H3/t14-,17+;8-,9+;;;/m11.../s1. The van der Waals surface area contributed by atoms with Crippen LogP contribution >= 0.6 is 31.9 Å². The summed E-state index contributed by atoms with van der Waals surface area (Å²) in [5.41, 5.74) is 10.5. The van der Waals surface area contributed by atoms with Crippen LogP contribution < -0.4 is 27.0 Å². The fraction of sp³-hybridized carbons (Fsp3) is 0.269. The van der Waals surface area contributed by atoms with Crippen LogP contribution in [0.5, 0.6) is 0 Å². The van der Waals surface area contributed by atoms with E-state index in [2.05, 4.69) is 67.8 Å². The number of nitrogens with zero attached hydrogens (tertiary/aromatic N) is 4. The van der Waals surface area contributed by atoms with Gasteiger partial charge in [0.2, 0.25) is 23.6 Å². The normalized spacial score (nSPS) is 15.6. The molecule has 16 nitrogen and oxygen atoms in total. The first-order chi connectivity index (χ1) is 35.5. The largest absolute Gasteiger partial charge is 0.394 e. The lowest BCUT2D eigenvalue weighted by Gasteiger charge is -2.11. The molecule has 3 aromatic carbocycles. The van der Waals surface area contributed by atoms with Gasteiger partial charge in [0.25, 0.3) is 0 Å². The highest BCUT2D eigenvalue weighted by Gasteiger charge is 2.44. The number of ether oxygens (including phenoxy) is 1. The zero-order chi connectivity index (χ0) is 55.1. The summed E-state index contributed by atoms with van der Waals surface area (Å²) in [5.74, 6) is -3.45. The number of halogens is 7. The third-order valence-electron chi connectivity index (χ3n) is 10.7. The molecule has 4 atom stereocenters. The maximum Gasteiger partial charge on any atom is 0.310 e. The molecule has 0 aliphatic heterocycles.